The maximum Gasteiger partial charge on any atom is 0.221 e. The zero-order chi connectivity index (χ0) is 13.4. The highest BCUT2D eigenvalue weighted by Gasteiger charge is 2.21. The number of rotatable bonds is 2. The molecule has 2 aromatic rings. The molecule has 0 bridgehead atoms. The van der Waals surface area contributed by atoms with Gasteiger partial charge in [-0.2, -0.15) is 0 Å². The van der Waals surface area contributed by atoms with Crippen molar-refractivity contribution in [1.82, 2.24) is 14.5 Å². The Morgan fingerprint density at radius 2 is 2.32 bits per heavy atom. The van der Waals surface area contributed by atoms with Crippen LogP contribution in [0.25, 0.3) is 11.0 Å². The molecule has 0 aliphatic carbocycles. The van der Waals surface area contributed by atoms with Gasteiger partial charge in [0.15, 0.2) is 4.64 Å². The summed E-state index contributed by atoms with van der Waals surface area (Å²) in [6, 6.07) is 0. The van der Waals surface area contributed by atoms with Crippen LogP contribution >= 0.6 is 12.2 Å². The maximum absolute atomic E-state index is 11.3. The summed E-state index contributed by atoms with van der Waals surface area (Å²) in [5.74, 6) is -0.310. The van der Waals surface area contributed by atoms with Crippen molar-refractivity contribution in [3.8, 4) is 0 Å². The van der Waals surface area contributed by atoms with E-state index in [9.17, 15) is 4.79 Å². The van der Waals surface area contributed by atoms with Gasteiger partial charge in [-0.25, -0.2) is 4.98 Å². The molecule has 5 nitrogen and oxygen atoms in total. The Morgan fingerprint density at radius 1 is 1.47 bits per heavy atom. The molecule has 3 rings (SSSR count). The van der Waals surface area contributed by atoms with Gasteiger partial charge in [-0.15, -0.1) is 0 Å². The molecule has 3 N–H and O–H groups in total. The van der Waals surface area contributed by atoms with Crippen LogP contribution < -0.4 is 5.73 Å². The van der Waals surface area contributed by atoms with Gasteiger partial charge < -0.3 is 15.3 Å². The number of H-pyrrole nitrogens is 1. The van der Waals surface area contributed by atoms with Gasteiger partial charge in [-0.1, -0.05) is 18.6 Å². The van der Waals surface area contributed by atoms with Crippen molar-refractivity contribution in [2.75, 3.05) is 0 Å². The summed E-state index contributed by atoms with van der Waals surface area (Å²) in [6.07, 6.45) is 6.30. The van der Waals surface area contributed by atoms with Crippen molar-refractivity contribution in [3.63, 3.8) is 0 Å². The molecule has 1 aliphatic rings. The summed E-state index contributed by atoms with van der Waals surface area (Å²) in [5.41, 5.74) is 9.45. The fourth-order valence-electron chi connectivity index (χ4n) is 2.95. The van der Waals surface area contributed by atoms with Crippen molar-refractivity contribution in [2.45, 2.75) is 38.6 Å². The van der Waals surface area contributed by atoms with E-state index < -0.39 is 0 Å². The zero-order valence-electron chi connectivity index (χ0n) is 10.6. The van der Waals surface area contributed by atoms with Gasteiger partial charge in [0.2, 0.25) is 5.91 Å². The summed E-state index contributed by atoms with van der Waals surface area (Å²) in [5, 5.41) is 0. The fraction of sp³-hybridized carbons (Fsp3) is 0.462. The predicted octanol–water partition coefficient (Wildman–Crippen LogP) is 1.85. The third-order valence-corrected chi connectivity index (χ3v) is 4.02. The van der Waals surface area contributed by atoms with Gasteiger partial charge >= 0.3 is 0 Å². The van der Waals surface area contributed by atoms with Crippen molar-refractivity contribution in [2.24, 2.45) is 5.73 Å². The number of hydrogen-bond donors (Lipinski definition) is 2. The average Bonchev–Trinajstić information content (AvgIpc) is 2.54. The Hall–Kier alpha value is -1.69. The first kappa shape index (κ1) is 12.3. The van der Waals surface area contributed by atoms with Gasteiger partial charge in [-0.05, 0) is 19.3 Å². The van der Waals surface area contributed by atoms with E-state index in [1.165, 1.54) is 12.1 Å². The molecular weight excluding hydrogens is 260 g/mol. The molecule has 0 fully saturated rings. The third kappa shape index (κ3) is 2.06. The molecule has 3 heterocycles. The van der Waals surface area contributed by atoms with Crippen LogP contribution in [-0.4, -0.2) is 20.4 Å². The van der Waals surface area contributed by atoms with Crippen LogP contribution in [0.4, 0.5) is 0 Å². The number of amides is 1. The molecule has 0 saturated heterocycles. The SMILES string of the molecule is NC(=O)Cc1c2n(c3c(=S)nc[nH]c13)CCCCC2. The molecular formula is C13H16N4OS. The summed E-state index contributed by atoms with van der Waals surface area (Å²) in [7, 11) is 0. The Morgan fingerprint density at radius 3 is 3.11 bits per heavy atom. The van der Waals surface area contributed by atoms with Gasteiger partial charge in [-0.3, -0.25) is 4.79 Å². The van der Waals surface area contributed by atoms with Crippen molar-refractivity contribution >= 4 is 29.2 Å². The maximum atomic E-state index is 11.3. The fourth-order valence-corrected chi connectivity index (χ4v) is 3.22. The van der Waals surface area contributed by atoms with E-state index in [-0.39, 0.29) is 12.3 Å². The first-order chi connectivity index (χ1) is 9.18. The number of nitrogens with two attached hydrogens (primary N) is 1. The largest absolute Gasteiger partial charge is 0.369 e. The monoisotopic (exact) mass is 276 g/mol. The lowest BCUT2D eigenvalue weighted by molar-refractivity contribution is -0.117. The van der Waals surface area contributed by atoms with E-state index in [2.05, 4.69) is 14.5 Å². The van der Waals surface area contributed by atoms with Crippen LogP contribution in [0, 0.1) is 4.64 Å². The van der Waals surface area contributed by atoms with Gasteiger partial charge in [0.05, 0.1) is 18.3 Å². The number of aromatic amines is 1. The average molecular weight is 276 g/mol. The minimum absolute atomic E-state index is 0.258. The lowest BCUT2D eigenvalue weighted by atomic mass is 10.1. The number of nitrogens with one attached hydrogen (secondary N) is 1. The molecule has 100 valence electrons. The molecule has 0 saturated carbocycles. The van der Waals surface area contributed by atoms with Gasteiger partial charge in [0, 0.05) is 17.8 Å². The second-order valence-electron chi connectivity index (χ2n) is 4.96. The normalized spacial score (nSPS) is 15.2. The summed E-state index contributed by atoms with van der Waals surface area (Å²) in [6.45, 7) is 0.938. The smallest absolute Gasteiger partial charge is 0.221 e. The molecule has 0 aromatic carbocycles. The number of aryl methyl sites for hydroxylation is 1. The minimum Gasteiger partial charge on any atom is -0.369 e. The first-order valence-electron chi connectivity index (χ1n) is 6.54. The number of aromatic nitrogens is 3. The number of nitrogens with zero attached hydrogens (tertiary/aromatic N) is 2. The minimum atomic E-state index is -0.310. The number of fused-ring (bicyclic) bond motifs is 3. The van der Waals surface area contributed by atoms with E-state index in [4.69, 9.17) is 18.0 Å². The number of carbonyl (C=O) groups excluding carboxylic acids is 1. The van der Waals surface area contributed by atoms with E-state index in [1.807, 2.05) is 0 Å². The van der Waals surface area contributed by atoms with Crippen LogP contribution in [0.1, 0.15) is 30.5 Å². The second kappa shape index (κ2) is 4.77. The highest BCUT2D eigenvalue weighted by Crippen LogP contribution is 2.29. The van der Waals surface area contributed by atoms with E-state index in [1.54, 1.807) is 6.33 Å². The molecule has 1 amide bonds. The zero-order valence-corrected chi connectivity index (χ0v) is 11.4. The molecule has 19 heavy (non-hydrogen) atoms. The first-order valence-corrected chi connectivity index (χ1v) is 6.95. The molecule has 6 heteroatoms. The van der Waals surface area contributed by atoms with Crippen molar-refractivity contribution in [3.05, 3.63) is 22.2 Å². The molecule has 0 radical (unpaired) electrons. The standard InChI is InChI=1S/C13H16N4OS/c14-10(18)6-8-9-4-2-1-3-5-17(9)12-11(8)15-7-16-13(12)19/h7H,1-6H2,(H2,14,18)(H,15,16,19). The quantitative estimate of drug-likeness (QED) is 0.822. The van der Waals surface area contributed by atoms with E-state index in [0.717, 1.165) is 42.4 Å². The lowest BCUT2D eigenvalue weighted by Gasteiger charge is -2.06. The Kier molecular flexibility index (Phi) is 3.10. The summed E-state index contributed by atoms with van der Waals surface area (Å²) >= 11 is 5.34. The third-order valence-electron chi connectivity index (χ3n) is 3.72. The second-order valence-corrected chi connectivity index (χ2v) is 5.35. The van der Waals surface area contributed by atoms with Crippen molar-refractivity contribution in [1.29, 1.82) is 0 Å². The van der Waals surface area contributed by atoms with Crippen LogP contribution in [0.5, 0.6) is 0 Å². The Bertz CT molecular complexity index is 700. The molecule has 0 spiro atoms. The lowest BCUT2D eigenvalue weighted by Crippen LogP contribution is -2.15. The van der Waals surface area contributed by atoms with E-state index in [0.29, 0.717) is 4.64 Å². The molecule has 0 unspecified atom stereocenters. The van der Waals surface area contributed by atoms with Crippen LogP contribution in [0.2, 0.25) is 0 Å². The van der Waals surface area contributed by atoms with Crippen LogP contribution in [0.15, 0.2) is 6.33 Å². The number of carbonyl (C=O) groups is 1. The highest BCUT2D eigenvalue weighted by atomic mass is 32.1. The Balaban J connectivity index is 2.33. The number of hydrogen-bond acceptors (Lipinski definition) is 3. The van der Waals surface area contributed by atoms with Crippen LogP contribution in [-0.2, 0) is 24.2 Å². The Labute approximate surface area is 115 Å². The summed E-state index contributed by atoms with van der Waals surface area (Å²) < 4.78 is 2.82. The molecule has 2 aromatic heterocycles. The van der Waals surface area contributed by atoms with Gasteiger partial charge in [0.25, 0.3) is 0 Å². The molecule has 0 atom stereocenters. The number of primary amides is 1. The topological polar surface area (TPSA) is 76.7 Å². The van der Waals surface area contributed by atoms with E-state index >= 15 is 0 Å². The molecule has 1 aliphatic heterocycles. The van der Waals surface area contributed by atoms with Crippen molar-refractivity contribution < 1.29 is 4.79 Å². The van der Waals surface area contributed by atoms with Gasteiger partial charge in [0.1, 0.15) is 5.52 Å². The highest BCUT2D eigenvalue weighted by molar-refractivity contribution is 7.71. The predicted molar refractivity (Wildman–Crippen MR) is 75.4 cm³/mol. The summed E-state index contributed by atoms with van der Waals surface area (Å²) in [4.78, 5) is 18.6. The van der Waals surface area contributed by atoms with Crippen LogP contribution in [0.3, 0.4) is 0 Å².